The summed E-state index contributed by atoms with van der Waals surface area (Å²) in [4.78, 5) is 2.57. The molecule has 1 saturated heterocycles. The monoisotopic (exact) mass is 323 g/mol. The quantitative estimate of drug-likeness (QED) is 0.871. The van der Waals surface area contributed by atoms with Gasteiger partial charge in [0, 0.05) is 18.6 Å². The molecule has 3 rings (SSSR count). The molecule has 0 radical (unpaired) electrons. The van der Waals surface area contributed by atoms with Crippen molar-refractivity contribution in [2.45, 2.75) is 57.2 Å². The number of benzene rings is 2. The highest BCUT2D eigenvalue weighted by Crippen LogP contribution is 2.34. The van der Waals surface area contributed by atoms with Crippen LogP contribution >= 0.6 is 0 Å². The van der Waals surface area contributed by atoms with E-state index in [1.165, 1.54) is 19.3 Å². The van der Waals surface area contributed by atoms with Crippen LogP contribution in [-0.2, 0) is 5.60 Å². The molecule has 0 unspecified atom stereocenters. The van der Waals surface area contributed by atoms with Gasteiger partial charge in [-0.15, -0.1) is 0 Å². The van der Waals surface area contributed by atoms with E-state index < -0.39 is 5.60 Å². The van der Waals surface area contributed by atoms with Crippen molar-refractivity contribution in [3.63, 3.8) is 0 Å². The first kappa shape index (κ1) is 17.2. The number of likely N-dealkylation sites (tertiary alicyclic amines) is 1. The summed E-state index contributed by atoms with van der Waals surface area (Å²) in [5.74, 6) is 0. The first-order valence-corrected chi connectivity index (χ1v) is 9.20. The van der Waals surface area contributed by atoms with Crippen LogP contribution in [0.3, 0.4) is 0 Å². The maximum Gasteiger partial charge on any atom is 0.116 e. The van der Waals surface area contributed by atoms with Gasteiger partial charge in [0.2, 0.25) is 0 Å². The lowest BCUT2D eigenvalue weighted by molar-refractivity contribution is 0.0317. The van der Waals surface area contributed by atoms with Gasteiger partial charge in [-0.25, -0.2) is 0 Å². The molecule has 24 heavy (non-hydrogen) atoms. The van der Waals surface area contributed by atoms with E-state index >= 15 is 0 Å². The molecule has 1 N–H and O–H groups in total. The third kappa shape index (κ3) is 3.55. The van der Waals surface area contributed by atoms with Gasteiger partial charge in [0.15, 0.2) is 0 Å². The number of hydrogen-bond donors (Lipinski definition) is 1. The number of piperidine rings is 1. The second-order valence-electron chi connectivity index (χ2n) is 7.21. The third-order valence-electron chi connectivity index (χ3n) is 5.61. The second-order valence-corrected chi connectivity index (χ2v) is 7.21. The lowest BCUT2D eigenvalue weighted by Crippen LogP contribution is -2.46. The number of nitrogens with zero attached hydrogens (tertiary/aromatic N) is 1. The SMILES string of the molecule is C[C@H]1CCC[C@H](C)N1CCC(O)(c1ccccc1)c1ccccc1. The van der Waals surface area contributed by atoms with Crippen LogP contribution in [0.1, 0.15) is 50.7 Å². The highest BCUT2D eigenvalue weighted by Gasteiger charge is 2.33. The van der Waals surface area contributed by atoms with E-state index in [0.29, 0.717) is 12.1 Å². The predicted octanol–water partition coefficient (Wildman–Crippen LogP) is 4.58. The molecule has 0 aromatic heterocycles. The summed E-state index contributed by atoms with van der Waals surface area (Å²) in [7, 11) is 0. The summed E-state index contributed by atoms with van der Waals surface area (Å²) in [6.07, 6.45) is 4.56. The van der Waals surface area contributed by atoms with Crippen LogP contribution in [-0.4, -0.2) is 28.6 Å². The molecule has 2 heteroatoms. The Hall–Kier alpha value is -1.64. The molecule has 2 aromatic rings. The predicted molar refractivity (Wildman–Crippen MR) is 100.0 cm³/mol. The smallest absolute Gasteiger partial charge is 0.116 e. The molecule has 0 bridgehead atoms. The van der Waals surface area contributed by atoms with Crippen molar-refractivity contribution in [1.82, 2.24) is 4.90 Å². The van der Waals surface area contributed by atoms with Crippen molar-refractivity contribution in [1.29, 1.82) is 0 Å². The second kappa shape index (κ2) is 7.50. The van der Waals surface area contributed by atoms with Crippen LogP contribution in [0.4, 0.5) is 0 Å². The van der Waals surface area contributed by atoms with E-state index in [4.69, 9.17) is 0 Å². The molecule has 2 atom stereocenters. The van der Waals surface area contributed by atoms with Gasteiger partial charge in [-0.1, -0.05) is 67.1 Å². The van der Waals surface area contributed by atoms with Crippen molar-refractivity contribution in [2.75, 3.05) is 6.54 Å². The highest BCUT2D eigenvalue weighted by atomic mass is 16.3. The first-order valence-electron chi connectivity index (χ1n) is 9.20. The van der Waals surface area contributed by atoms with Gasteiger partial charge in [-0.05, 0) is 44.2 Å². The Morgan fingerprint density at radius 3 is 1.79 bits per heavy atom. The lowest BCUT2D eigenvalue weighted by Gasteiger charge is -2.41. The van der Waals surface area contributed by atoms with Gasteiger partial charge >= 0.3 is 0 Å². The van der Waals surface area contributed by atoms with Crippen molar-refractivity contribution >= 4 is 0 Å². The van der Waals surface area contributed by atoms with Crippen LogP contribution in [0.15, 0.2) is 60.7 Å². The highest BCUT2D eigenvalue weighted by molar-refractivity contribution is 5.35. The van der Waals surface area contributed by atoms with Crippen LogP contribution in [0.25, 0.3) is 0 Å². The molecule has 0 amide bonds. The minimum absolute atomic E-state index is 0.601. The normalized spacial score (nSPS) is 22.5. The van der Waals surface area contributed by atoms with Crippen LogP contribution in [0.5, 0.6) is 0 Å². The van der Waals surface area contributed by atoms with Gasteiger partial charge in [-0.3, -0.25) is 4.90 Å². The zero-order valence-electron chi connectivity index (χ0n) is 14.9. The topological polar surface area (TPSA) is 23.5 Å². The minimum atomic E-state index is -0.931. The average molecular weight is 323 g/mol. The summed E-state index contributed by atoms with van der Waals surface area (Å²) < 4.78 is 0. The Kier molecular flexibility index (Phi) is 5.37. The first-order chi connectivity index (χ1) is 11.6. The third-order valence-corrected chi connectivity index (χ3v) is 5.61. The van der Waals surface area contributed by atoms with E-state index in [2.05, 4.69) is 18.7 Å². The molecule has 2 nitrogen and oxygen atoms in total. The average Bonchev–Trinajstić information content (AvgIpc) is 2.62. The molecule has 1 aliphatic rings. The molecule has 1 aliphatic heterocycles. The maximum atomic E-state index is 11.6. The molecular weight excluding hydrogens is 294 g/mol. The van der Waals surface area contributed by atoms with Gasteiger partial charge in [-0.2, -0.15) is 0 Å². The van der Waals surface area contributed by atoms with Gasteiger partial charge in [0.25, 0.3) is 0 Å². The summed E-state index contributed by atoms with van der Waals surface area (Å²) in [6.45, 7) is 5.56. The molecule has 1 fully saturated rings. The fraction of sp³-hybridized carbons (Fsp3) is 0.455. The molecule has 0 aliphatic carbocycles. The number of rotatable bonds is 5. The minimum Gasteiger partial charge on any atom is -0.380 e. The molecule has 0 spiro atoms. The standard InChI is InChI=1S/C22H29NO/c1-18-10-9-11-19(2)23(18)17-16-22(24,20-12-5-3-6-13-20)21-14-7-4-8-15-21/h3-8,12-15,18-19,24H,9-11,16-17H2,1-2H3/t18-,19-/m0/s1. The fourth-order valence-corrected chi connectivity index (χ4v) is 4.09. The molecular formula is C22H29NO. The Labute approximate surface area is 146 Å². The van der Waals surface area contributed by atoms with Crippen molar-refractivity contribution in [3.05, 3.63) is 71.8 Å². The van der Waals surface area contributed by atoms with E-state index in [1.807, 2.05) is 60.7 Å². The van der Waals surface area contributed by atoms with E-state index in [0.717, 1.165) is 24.1 Å². The van der Waals surface area contributed by atoms with Crippen LogP contribution in [0, 0.1) is 0 Å². The molecule has 1 heterocycles. The van der Waals surface area contributed by atoms with E-state index in [9.17, 15) is 5.11 Å². The number of hydrogen-bond acceptors (Lipinski definition) is 2. The zero-order valence-corrected chi connectivity index (χ0v) is 14.9. The van der Waals surface area contributed by atoms with E-state index in [-0.39, 0.29) is 0 Å². The van der Waals surface area contributed by atoms with Crippen LogP contribution < -0.4 is 0 Å². The summed E-state index contributed by atoms with van der Waals surface area (Å²) in [5.41, 5.74) is 1.03. The molecule has 128 valence electrons. The Balaban J connectivity index is 1.86. The summed E-state index contributed by atoms with van der Waals surface area (Å²) in [6, 6.07) is 21.4. The Morgan fingerprint density at radius 1 is 0.875 bits per heavy atom. The summed E-state index contributed by atoms with van der Waals surface area (Å²) >= 11 is 0. The molecule has 2 aromatic carbocycles. The van der Waals surface area contributed by atoms with Crippen molar-refractivity contribution < 1.29 is 5.11 Å². The van der Waals surface area contributed by atoms with E-state index in [1.54, 1.807) is 0 Å². The van der Waals surface area contributed by atoms with Gasteiger partial charge in [0.1, 0.15) is 5.60 Å². The largest absolute Gasteiger partial charge is 0.380 e. The van der Waals surface area contributed by atoms with Crippen LogP contribution in [0.2, 0.25) is 0 Å². The van der Waals surface area contributed by atoms with Gasteiger partial charge in [0.05, 0.1) is 0 Å². The maximum absolute atomic E-state index is 11.6. The zero-order chi connectivity index (χ0) is 17.0. The Morgan fingerprint density at radius 2 is 1.33 bits per heavy atom. The fourth-order valence-electron chi connectivity index (χ4n) is 4.09. The molecule has 0 saturated carbocycles. The van der Waals surface area contributed by atoms with Crippen molar-refractivity contribution in [3.8, 4) is 0 Å². The number of aliphatic hydroxyl groups is 1. The Bertz CT molecular complexity index is 575. The van der Waals surface area contributed by atoms with Gasteiger partial charge < -0.3 is 5.11 Å². The summed E-state index contributed by atoms with van der Waals surface area (Å²) in [5, 5.41) is 11.6. The lowest BCUT2D eigenvalue weighted by atomic mass is 9.83. The van der Waals surface area contributed by atoms with Crippen molar-refractivity contribution in [2.24, 2.45) is 0 Å².